The lowest BCUT2D eigenvalue weighted by Gasteiger charge is -2.11. The van der Waals surface area contributed by atoms with Crippen LogP contribution in [0.25, 0.3) is 0 Å². The number of halogens is 1. The summed E-state index contributed by atoms with van der Waals surface area (Å²) in [6, 6.07) is 10.3. The molecule has 2 aromatic rings. The monoisotopic (exact) mass is 362 g/mol. The van der Waals surface area contributed by atoms with E-state index in [0.29, 0.717) is 16.5 Å². The first-order chi connectivity index (χ1) is 11.9. The zero-order valence-electron chi connectivity index (χ0n) is 14.2. The number of aryl methyl sites for hydroxylation is 2. The lowest BCUT2D eigenvalue weighted by Crippen LogP contribution is -2.43. The van der Waals surface area contributed by atoms with Gasteiger partial charge < -0.3 is 9.47 Å². The number of benzene rings is 2. The molecule has 0 aliphatic carbocycles. The second-order valence-corrected chi connectivity index (χ2v) is 5.90. The average Bonchev–Trinajstić information content (AvgIpc) is 2.57. The molecule has 6 nitrogen and oxygen atoms in total. The fraction of sp³-hybridized carbons (Fsp3) is 0.222. The number of carbonyl (C=O) groups is 2. The summed E-state index contributed by atoms with van der Waals surface area (Å²) in [5, 5.41) is 0.385. The third-order valence-electron chi connectivity index (χ3n) is 3.29. The molecule has 2 aromatic carbocycles. The molecule has 132 valence electrons. The van der Waals surface area contributed by atoms with Gasteiger partial charge in [0, 0.05) is 5.02 Å². The van der Waals surface area contributed by atoms with Crippen LogP contribution in [0.4, 0.5) is 0 Å². The molecule has 0 saturated carbocycles. The second-order valence-electron chi connectivity index (χ2n) is 5.46. The van der Waals surface area contributed by atoms with Gasteiger partial charge in [0.05, 0.1) is 12.7 Å². The Morgan fingerprint density at radius 2 is 1.72 bits per heavy atom. The number of nitrogens with one attached hydrogen (secondary N) is 2. The molecule has 0 fully saturated rings. The highest BCUT2D eigenvalue weighted by molar-refractivity contribution is 6.31. The van der Waals surface area contributed by atoms with Crippen LogP contribution >= 0.6 is 11.6 Å². The van der Waals surface area contributed by atoms with Gasteiger partial charge in [0.2, 0.25) is 0 Å². The number of methoxy groups -OCH3 is 1. The van der Waals surface area contributed by atoms with Crippen LogP contribution in [0.3, 0.4) is 0 Å². The van der Waals surface area contributed by atoms with Crippen molar-refractivity contribution in [1.82, 2.24) is 10.9 Å². The maximum absolute atomic E-state index is 12.1. The predicted molar refractivity (Wildman–Crippen MR) is 95.0 cm³/mol. The number of amides is 2. The standard InChI is InChI=1S/C18H19ClN2O4/c1-11-6-12(2)8-14(7-11)25-10-17(22)20-21-18(23)15-9-13(19)4-5-16(15)24-3/h4-9H,10H2,1-3H3,(H,20,22)(H,21,23). The molecule has 0 aliphatic rings. The molecule has 0 aliphatic heterocycles. The summed E-state index contributed by atoms with van der Waals surface area (Å²) < 4.78 is 10.5. The van der Waals surface area contributed by atoms with Crippen LogP contribution in [0.1, 0.15) is 21.5 Å². The summed E-state index contributed by atoms with van der Waals surface area (Å²) in [4.78, 5) is 24.0. The van der Waals surface area contributed by atoms with Crippen LogP contribution in [-0.2, 0) is 4.79 Å². The molecular formula is C18H19ClN2O4. The summed E-state index contributed by atoms with van der Waals surface area (Å²) in [5.41, 5.74) is 6.88. The largest absolute Gasteiger partial charge is 0.496 e. The third-order valence-corrected chi connectivity index (χ3v) is 3.52. The van der Waals surface area contributed by atoms with E-state index in [1.54, 1.807) is 12.1 Å². The van der Waals surface area contributed by atoms with E-state index in [2.05, 4.69) is 10.9 Å². The maximum atomic E-state index is 12.1. The SMILES string of the molecule is COc1ccc(Cl)cc1C(=O)NNC(=O)COc1cc(C)cc(C)c1. The molecule has 7 heteroatoms. The van der Waals surface area contributed by atoms with Gasteiger partial charge in [0.15, 0.2) is 6.61 Å². The summed E-state index contributed by atoms with van der Waals surface area (Å²) in [6.45, 7) is 3.66. The second kappa shape index (κ2) is 8.39. The number of hydrazine groups is 1. The van der Waals surface area contributed by atoms with E-state index < -0.39 is 11.8 Å². The van der Waals surface area contributed by atoms with Gasteiger partial charge in [-0.15, -0.1) is 0 Å². The first-order valence-electron chi connectivity index (χ1n) is 7.53. The summed E-state index contributed by atoms with van der Waals surface area (Å²) in [7, 11) is 1.44. The van der Waals surface area contributed by atoms with E-state index in [0.717, 1.165) is 11.1 Å². The van der Waals surface area contributed by atoms with Crippen molar-refractivity contribution in [1.29, 1.82) is 0 Å². The van der Waals surface area contributed by atoms with Crippen molar-refractivity contribution >= 4 is 23.4 Å². The van der Waals surface area contributed by atoms with Crippen LogP contribution in [0.2, 0.25) is 5.02 Å². The molecule has 0 bridgehead atoms. The van der Waals surface area contributed by atoms with E-state index in [9.17, 15) is 9.59 Å². The highest BCUT2D eigenvalue weighted by Crippen LogP contribution is 2.22. The number of carbonyl (C=O) groups excluding carboxylic acids is 2. The third kappa shape index (κ3) is 5.39. The molecule has 0 saturated heterocycles. The quantitative estimate of drug-likeness (QED) is 0.802. The van der Waals surface area contributed by atoms with Crippen molar-refractivity contribution in [2.75, 3.05) is 13.7 Å². The Morgan fingerprint density at radius 3 is 2.36 bits per heavy atom. The first-order valence-corrected chi connectivity index (χ1v) is 7.90. The minimum Gasteiger partial charge on any atom is -0.496 e. The van der Waals surface area contributed by atoms with Crippen LogP contribution in [0, 0.1) is 13.8 Å². The highest BCUT2D eigenvalue weighted by Gasteiger charge is 2.14. The Labute approximate surface area is 151 Å². The molecule has 0 radical (unpaired) electrons. The van der Waals surface area contributed by atoms with E-state index in [-0.39, 0.29) is 12.2 Å². The predicted octanol–water partition coefficient (Wildman–Crippen LogP) is 2.81. The van der Waals surface area contributed by atoms with E-state index in [4.69, 9.17) is 21.1 Å². The molecule has 2 N–H and O–H groups in total. The van der Waals surface area contributed by atoms with Gasteiger partial charge in [-0.05, 0) is 55.3 Å². The molecule has 0 heterocycles. The van der Waals surface area contributed by atoms with Crippen molar-refractivity contribution in [3.05, 3.63) is 58.1 Å². The molecule has 0 aromatic heterocycles. The minimum absolute atomic E-state index is 0.213. The zero-order chi connectivity index (χ0) is 18.4. The highest BCUT2D eigenvalue weighted by atomic mass is 35.5. The van der Waals surface area contributed by atoms with Gasteiger partial charge in [-0.2, -0.15) is 0 Å². The number of hydrogen-bond acceptors (Lipinski definition) is 4. The molecular weight excluding hydrogens is 344 g/mol. The smallest absolute Gasteiger partial charge is 0.276 e. The van der Waals surface area contributed by atoms with Gasteiger partial charge in [-0.1, -0.05) is 17.7 Å². The Kier molecular flexibility index (Phi) is 6.25. The van der Waals surface area contributed by atoms with Crippen molar-refractivity contribution in [3.8, 4) is 11.5 Å². The minimum atomic E-state index is -0.543. The van der Waals surface area contributed by atoms with Gasteiger partial charge in [-0.25, -0.2) is 0 Å². The van der Waals surface area contributed by atoms with Gasteiger partial charge in [0.1, 0.15) is 11.5 Å². The van der Waals surface area contributed by atoms with Crippen LogP contribution in [-0.4, -0.2) is 25.5 Å². The fourth-order valence-corrected chi connectivity index (χ4v) is 2.42. The van der Waals surface area contributed by atoms with Crippen LogP contribution < -0.4 is 20.3 Å². The number of ether oxygens (including phenoxy) is 2. The van der Waals surface area contributed by atoms with Gasteiger partial charge in [0.25, 0.3) is 11.8 Å². The lowest BCUT2D eigenvalue weighted by atomic mass is 10.1. The van der Waals surface area contributed by atoms with E-state index >= 15 is 0 Å². The molecule has 2 amide bonds. The van der Waals surface area contributed by atoms with Crippen molar-refractivity contribution in [2.24, 2.45) is 0 Å². The van der Waals surface area contributed by atoms with Crippen molar-refractivity contribution in [2.45, 2.75) is 13.8 Å². The molecule has 0 spiro atoms. The van der Waals surface area contributed by atoms with E-state index in [1.165, 1.54) is 13.2 Å². The van der Waals surface area contributed by atoms with Crippen molar-refractivity contribution < 1.29 is 19.1 Å². The topological polar surface area (TPSA) is 76.7 Å². The first kappa shape index (κ1) is 18.6. The number of hydrogen-bond donors (Lipinski definition) is 2. The summed E-state index contributed by atoms with van der Waals surface area (Å²) >= 11 is 5.88. The van der Waals surface area contributed by atoms with Crippen LogP contribution in [0.5, 0.6) is 11.5 Å². The lowest BCUT2D eigenvalue weighted by molar-refractivity contribution is -0.123. The van der Waals surface area contributed by atoms with Gasteiger partial charge in [-0.3, -0.25) is 20.4 Å². The molecule has 25 heavy (non-hydrogen) atoms. The maximum Gasteiger partial charge on any atom is 0.276 e. The van der Waals surface area contributed by atoms with E-state index in [1.807, 2.05) is 32.0 Å². The molecule has 0 atom stereocenters. The Hall–Kier alpha value is -2.73. The number of rotatable bonds is 5. The fourth-order valence-electron chi connectivity index (χ4n) is 2.25. The summed E-state index contributed by atoms with van der Waals surface area (Å²) in [5.74, 6) is -0.0919. The Morgan fingerprint density at radius 1 is 1.04 bits per heavy atom. The molecule has 2 rings (SSSR count). The Balaban J connectivity index is 1.89. The van der Waals surface area contributed by atoms with Crippen LogP contribution in [0.15, 0.2) is 36.4 Å². The average molecular weight is 363 g/mol. The summed E-state index contributed by atoms with van der Waals surface area (Å²) in [6.07, 6.45) is 0. The van der Waals surface area contributed by atoms with Crippen molar-refractivity contribution in [3.63, 3.8) is 0 Å². The van der Waals surface area contributed by atoms with Gasteiger partial charge >= 0.3 is 0 Å². The zero-order valence-corrected chi connectivity index (χ0v) is 14.9. The Bertz CT molecular complexity index is 772. The normalized spacial score (nSPS) is 10.1. The molecule has 0 unspecified atom stereocenters.